The summed E-state index contributed by atoms with van der Waals surface area (Å²) in [5, 5.41) is 10.0. The summed E-state index contributed by atoms with van der Waals surface area (Å²) in [6.07, 6.45) is 1.69. The van der Waals surface area contributed by atoms with Crippen LogP contribution in [0.4, 0.5) is 4.79 Å². The van der Waals surface area contributed by atoms with E-state index in [9.17, 15) is 9.59 Å². The third-order valence-electron chi connectivity index (χ3n) is 3.72. The van der Waals surface area contributed by atoms with Crippen molar-refractivity contribution in [3.8, 4) is 0 Å². The molecular weight excluding hydrogens is 492 g/mol. The summed E-state index contributed by atoms with van der Waals surface area (Å²) in [6, 6.07) is 5.14. The van der Waals surface area contributed by atoms with Crippen LogP contribution in [0.2, 0.25) is 10.0 Å². The molecule has 1 aromatic carbocycles. The number of aryl methyl sites for hydroxylation is 1. The average molecular weight is 514 g/mol. The fraction of sp³-hybridized carbons (Fsp3) is 0.438. The zero-order valence-electron chi connectivity index (χ0n) is 14.3. The number of carbonyl (C=O) groups excluding carboxylic acids is 2. The summed E-state index contributed by atoms with van der Waals surface area (Å²) in [5.41, 5.74) is 1.05. The molecule has 0 atom stereocenters. The van der Waals surface area contributed by atoms with Crippen LogP contribution in [0.5, 0.6) is 0 Å². The molecule has 0 saturated carbocycles. The topological polar surface area (TPSA) is 85.8 Å². The van der Waals surface area contributed by atoms with Gasteiger partial charge in [0, 0.05) is 36.7 Å². The monoisotopic (exact) mass is 513 g/mol. The molecule has 3 amide bonds. The number of hydrogen-bond donors (Lipinski definition) is 3. The maximum absolute atomic E-state index is 11.5. The molecule has 2 rings (SSSR count). The Morgan fingerprint density at radius 2 is 2.00 bits per heavy atom. The minimum absolute atomic E-state index is 0. The second-order valence-electron chi connectivity index (χ2n) is 5.47. The third-order valence-corrected chi connectivity index (χ3v) is 4.31. The zero-order chi connectivity index (χ0) is 18.2. The van der Waals surface area contributed by atoms with Crippen LogP contribution >= 0.6 is 47.2 Å². The number of imide groups is 1. The van der Waals surface area contributed by atoms with Gasteiger partial charge < -0.3 is 16.0 Å². The number of urea groups is 1. The van der Waals surface area contributed by atoms with Crippen molar-refractivity contribution >= 4 is 65.1 Å². The van der Waals surface area contributed by atoms with Crippen molar-refractivity contribution in [3.05, 3.63) is 33.8 Å². The van der Waals surface area contributed by atoms with Crippen molar-refractivity contribution in [2.75, 3.05) is 33.2 Å². The summed E-state index contributed by atoms with van der Waals surface area (Å²) >= 11 is 12.0. The van der Waals surface area contributed by atoms with E-state index in [2.05, 4.69) is 20.9 Å². The normalized spacial score (nSPS) is 14.1. The molecule has 0 unspecified atom stereocenters. The highest BCUT2D eigenvalue weighted by molar-refractivity contribution is 14.0. The van der Waals surface area contributed by atoms with Crippen molar-refractivity contribution in [3.63, 3.8) is 0 Å². The van der Waals surface area contributed by atoms with Gasteiger partial charge in [-0.2, -0.15) is 0 Å². The molecule has 1 saturated heterocycles. The van der Waals surface area contributed by atoms with Crippen molar-refractivity contribution in [2.45, 2.75) is 12.8 Å². The summed E-state index contributed by atoms with van der Waals surface area (Å²) in [4.78, 5) is 28.2. The summed E-state index contributed by atoms with van der Waals surface area (Å²) in [6.45, 7) is 1.51. The maximum atomic E-state index is 11.5. The molecule has 26 heavy (non-hydrogen) atoms. The Morgan fingerprint density at radius 1 is 1.27 bits per heavy atom. The molecule has 0 aromatic heterocycles. The van der Waals surface area contributed by atoms with E-state index < -0.39 is 0 Å². The van der Waals surface area contributed by atoms with Crippen molar-refractivity contribution < 1.29 is 9.59 Å². The lowest BCUT2D eigenvalue weighted by molar-refractivity contribution is -0.124. The van der Waals surface area contributed by atoms with Crippen LogP contribution < -0.4 is 16.0 Å². The van der Waals surface area contributed by atoms with E-state index in [1.807, 2.05) is 12.1 Å². The molecule has 1 fully saturated rings. The SMILES string of the molecule is CN=C(NCCCc1ccc(Cl)cc1Cl)NCCN1C(=O)CNC1=O.I. The van der Waals surface area contributed by atoms with E-state index in [0.717, 1.165) is 18.4 Å². The van der Waals surface area contributed by atoms with Gasteiger partial charge >= 0.3 is 6.03 Å². The molecular formula is C16H22Cl2IN5O2. The largest absolute Gasteiger partial charge is 0.356 e. The Balaban J connectivity index is 0.00000338. The smallest absolute Gasteiger partial charge is 0.324 e. The van der Waals surface area contributed by atoms with Crippen LogP contribution in [-0.2, 0) is 11.2 Å². The van der Waals surface area contributed by atoms with Crippen molar-refractivity contribution in [1.82, 2.24) is 20.9 Å². The van der Waals surface area contributed by atoms with E-state index in [1.54, 1.807) is 13.1 Å². The van der Waals surface area contributed by atoms with Crippen LogP contribution in [0.1, 0.15) is 12.0 Å². The molecule has 1 heterocycles. The molecule has 0 radical (unpaired) electrons. The maximum Gasteiger partial charge on any atom is 0.324 e. The molecule has 7 nitrogen and oxygen atoms in total. The van der Waals surface area contributed by atoms with Gasteiger partial charge in [-0.25, -0.2) is 4.79 Å². The molecule has 1 aromatic rings. The summed E-state index contributed by atoms with van der Waals surface area (Å²) in [7, 11) is 1.67. The van der Waals surface area contributed by atoms with Crippen molar-refractivity contribution in [1.29, 1.82) is 0 Å². The van der Waals surface area contributed by atoms with Crippen molar-refractivity contribution in [2.24, 2.45) is 4.99 Å². The predicted molar refractivity (Wildman–Crippen MR) is 115 cm³/mol. The van der Waals surface area contributed by atoms with Gasteiger partial charge in [-0.05, 0) is 30.5 Å². The van der Waals surface area contributed by atoms with Crippen LogP contribution in [0.25, 0.3) is 0 Å². The Kier molecular flexibility index (Phi) is 10.0. The van der Waals surface area contributed by atoms with Crippen LogP contribution in [0, 0.1) is 0 Å². The first-order valence-electron chi connectivity index (χ1n) is 7.98. The number of carbonyl (C=O) groups is 2. The van der Waals surface area contributed by atoms with Gasteiger partial charge in [-0.1, -0.05) is 29.3 Å². The fourth-order valence-electron chi connectivity index (χ4n) is 2.40. The predicted octanol–water partition coefficient (Wildman–Crippen LogP) is 2.26. The lowest BCUT2D eigenvalue weighted by Gasteiger charge is -2.15. The van der Waals surface area contributed by atoms with Gasteiger partial charge in [-0.3, -0.25) is 14.7 Å². The fourth-order valence-corrected chi connectivity index (χ4v) is 2.90. The quantitative estimate of drug-likeness (QED) is 0.172. The van der Waals surface area contributed by atoms with Crippen LogP contribution in [0.3, 0.4) is 0 Å². The highest BCUT2D eigenvalue weighted by atomic mass is 127. The van der Waals surface area contributed by atoms with E-state index in [1.165, 1.54) is 4.90 Å². The van der Waals surface area contributed by atoms with Gasteiger partial charge in [-0.15, -0.1) is 24.0 Å². The number of hydrogen-bond acceptors (Lipinski definition) is 3. The molecule has 1 aliphatic heterocycles. The standard InChI is InChI=1S/C16H21Cl2N5O2.HI/c1-19-15(21-7-8-23-14(24)10-22-16(23)25)20-6-2-3-11-4-5-12(17)9-13(11)18;/h4-5,9H,2-3,6-8,10H2,1H3,(H,22,25)(H2,19,20,21);1H. The van der Waals surface area contributed by atoms with E-state index >= 15 is 0 Å². The second kappa shape index (κ2) is 11.5. The van der Waals surface area contributed by atoms with Gasteiger partial charge in [0.25, 0.3) is 0 Å². The number of benzene rings is 1. The van der Waals surface area contributed by atoms with Gasteiger partial charge in [0.1, 0.15) is 0 Å². The average Bonchev–Trinajstić information content (AvgIpc) is 2.90. The molecule has 144 valence electrons. The Labute approximate surface area is 179 Å². The van der Waals surface area contributed by atoms with E-state index in [4.69, 9.17) is 23.2 Å². The highest BCUT2D eigenvalue weighted by Gasteiger charge is 2.27. The number of nitrogens with one attached hydrogen (secondary N) is 3. The van der Waals surface area contributed by atoms with Crippen LogP contribution in [-0.4, -0.2) is 56.0 Å². The summed E-state index contributed by atoms with van der Waals surface area (Å²) in [5.74, 6) is 0.406. The van der Waals surface area contributed by atoms with E-state index in [0.29, 0.717) is 35.6 Å². The molecule has 0 spiro atoms. The Hall–Kier alpha value is -1.26. The molecule has 1 aliphatic rings. The van der Waals surface area contributed by atoms with Gasteiger partial charge in [0.05, 0.1) is 6.54 Å². The molecule has 10 heteroatoms. The first kappa shape index (κ1) is 22.8. The number of aliphatic imine (C=N–C) groups is 1. The second-order valence-corrected chi connectivity index (χ2v) is 6.31. The van der Waals surface area contributed by atoms with E-state index in [-0.39, 0.29) is 42.5 Å². The lowest BCUT2D eigenvalue weighted by Crippen LogP contribution is -2.43. The Bertz CT molecular complexity index is 656. The minimum Gasteiger partial charge on any atom is -0.356 e. The zero-order valence-corrected chi connectivity index (χ0v) is 18.2. The Morgan fingerprint density at radius 3 is 2.62 bits per heavy atom. The number of nitrogens with zero attached hydrogens (tertiary/aromatic N) is 2. The number of guanidine groups is 1. The molecule has 0 bridgehead atoms. The first-order valence-corrected chi connectivity index (χ1v) is 8.73. The summed E-state index contributed by atoms with van der Waals surface area (Å²) < 4.78 is 0. The highest BCUT2D eigenvalue weighted by Crippen LogP contribution is 2.21. The molecule has 0 aliphatic carbocycles. The number of rotatable bonds is 7. The first-order chi connectivity index (χ1) is 12.0. The van der Waals surface area contributed by atoms with Crippen LogP contribution in [0.15, 0.2) is 23.2 Å². The molecule has 3 N–H and O–H groups in total. The van der Waals surface area contributed by atoms with Gasteiger partial charge in [0.15, 0.2) is 5.96 Å². The third kappa shape index (κ3) is 6.81. The lowest BCUT2D eigenvalue weighted by atomic mass is 10.1. The minimum atomic E-state index is -0.352. The number of halogens is 3. The number of amides is 3. The van der Waals surface area contributed by atoms with Gasteiger partial charge in [0.2, 0.25) is 5.91 Å².